The fourth-order valence-electron chi connectivity index (χ4n) is 2.08. The van der Waals surface area contributed by atoms with E-state index in [9.17, 15) is 18.5 Å². The third kappa shape index (κ3) is 3.35. The van der Waals surface area contributed by atoms with Crippen molar-refractivity contribution < 1.29 is 13.3 Å². The van der Waals surface area contributed by atoms with E-state index < -0.39 is 14.9 Å². The Balaban J connectivity index is 2.40. The van der Waals surface area contributed by atoms with E-state index in [1.54, 1.807) is 7.05 Å². The minimum Gasteiger partial charge on any atom is -0.374 e. The van der Waals surface area contributed by atoms with Crippen LogP contribution >= 0.6 is 11.3 Å². The van der Waals surface area contributed by atoms with Gasteiger partial charge in [-0.2, -0.15) is 4.31 Å². The van der Waals surface area contributed by atoms with Gasteiger partial charge in [-0.1, -0.05) is 25.2 Å². The molecule has 1 heterocycles. The Morgan fingerprint density at radius 3 is 2.52 bits per heavy atom. The van der Waals surface area contributed by atoms with Crippen molar-refractivity contribution in [2.75, 3.05) is 18.9 Å². The molecule has 0 saturated heterocycles. The number of nitro groups is 1. The minimum absolute atomic E-state index is 0.0334. The highest BCUT2D eigenvalue weighted by molar-refractivity contribution is 7.91. The van der Waals surface area contributed by atoms with Gasteiger partial charge in [0.05, 0.1) is 4.92 Å². The third-order valence-corrected chi connectivity index (χ3v) is 6.69. The maximum atomic E-state index is 12.7. The maximum absolute atomic E-state index is 12.7. The molecule has 1 N–H and O–H groups in total. The molecule has 0 aromatic carbocycles. The molecule has 1 aromatic rings. The molecule has 0 atom stereocenters. The van der Waals surface area contributed by atoms with Crippen LogP contribution in [0.2, 0.25) is 0 Å². The smallest absolute Gasteiger partial charge is 0.304 e. The Bertz CT molecular complexity index is 635. The molecule has 0 bridgehead atoms. The molecular weight excluding hydrogens is 314 g/mol. The van der Waals surface area contributed by atoms with Gasteiger partial charge in [0.25, 0.3) is 10.0 Å². The first-order chi connectivity index (χ1) is 9.77. The molecule has 118 valence electrons. The molecule has 2 rings (SSSR count). The molecule has 1 aliphatic rings. The predicted octanol–water partition coefficient (Wildman–Crippen LogP) is 2.51. The Kier molecular flexibility index (Phi) is 4.54. The summed E-state index contributed by atoms with van der Waals surface area (Å²) in [5.41, 5.74) is -0.193. The number of anilines is 1. The second-order valence-electron chi connectivity index (χ2n) is 5.49. The van der Waals surface area contributed by atoms with Gasteiger partial charge in [-0.25, -0.2) is 8.42 Å². The van der Waals surface area contributed by atoms with Crippen LogP contribution in [0.1, 0.15) is 26.7 Å². The van der Waals surface area contributed by atoms with Gasteiger partial charge in [-0.05, 0) is 18.8 Å². The van der Waals surface area contributed by atoms with Crippen molar-refractivity contribution in [3.8, 4) is 0 Å². The van der Waals surface area contributed by atoms with Gasteiger partial charge >= 0.3 is 5.69 Å². The van der Waals surface area contributed by atoms with Crippen molar-refractivity contribution in [3.05, 3.63) is 16.2 Å². The van der Waals surface area contributed by atoms with E-state index >= 15 is 0 Å². The number of hydrogen-bond donors (Lipinski definition) is 1. The second-order valence-corrected chi connectivity index (χ2v) is 8.66. The van der Waals surface area contributed by atoms with E-state index in [0.717, 1.165) is 30.2 Å². The normalized spacial score (nSPS) is 15.7. The summed E-state index contributed by atoms with van der Waals surface area (Å²) in [5.74, 6) is 0.207. The monoisotopic (exact) mass is 333 g/mol. The standard InChI is InChI=1S/C12H19N3O4S2/c1-8(2)7-14(9-4-5-9)21(18,19)11-6-10(15(16)17)12(13-3)20-11/h6,8-9,13H,4-5,7H2,1-3H3. The van der Waals surface area contributed by atoms with Crippen molar-refractivity contribution in [2.45, 2.75) is 36.9 Å². The summed E-state index contributed by atoms with van der Waals surface area (Å²) in [6.45, 7) is 4.36. The SMILES string of the molecule is CNc1sc(S(=O)(=O)N(CC(C)C)C2CC2)cc1[N+](=O)[O-]. The summed E-state index contributed by atoms with van der Waals surface area (Å²) < 4.78 is 27.0. The van der Waals surface area contributed by atoms with Crippen LogP contribution in [0.5, 0.6) is 0 Å². The van der Waals surface area contributed by atoms with Gasteiger partial charge in [0, 0.05) is 25.7 Å². The van der Waals surface area contributed by atoms with Crippen molar-refractivity contribution in [2.24, 2.45) is 5.92 Å². The summed E-state index contributed by atoms with van der Waals surface area (Å²) in [7, 11) is -2.13. The van der Waals surface area contributed by atoms with E-state index in [0.29, 0.717) is 6.54 Å². The first-order valence-electron chi connectivity index (χ1n) is 6.75. The fraction of sp³-hybridized carbons (Fsp3) is 0.667. The molecular formula is C12H19N3O4S2. The zero-order chi connectivity index (χ0) is 15.8. The first kappa shape index (κ1) is 16.2. The molecule has 1 fully saturated rings. The zero-order valence-corrected chi connectivity index (χ0v) is 13.8. The van der Waals surface area contributed by atoms with Gasteiger partial charge < -0.3 is 5.32 Å². The molecule has 21 heavy (non-hydrogen) atoms. The molecule has 7 nitrogen and oxygen atoms in total. The molecule has 0 radical (unpaired) electrons. The lowest BCUT2D eigenvalue weighted by Crippen LogP contribution is -2.35. The van der Waals surface area contributed by atoms with Crippen LogP contribution in [0.15, 0.2) is 10.3 Å². The van der Waals surface area contributed by atoms with Gasteiger partial charge in [-0.3, -0.25) is 10.1 Å². The Morgan fingerprint density at radius 1 is 1.52 bits per heavy atom. The Morgan fingerprint density at radius 2 is 2.14 bits per heavy atom. The highest BCUT2D eigenvalue weighted by Crippen LogP contribution is 2.40. The van der Waals surface area contributed by atoms with E-state index in [1.807, 2.05) is 13.8 Å². The highest BCUT2D eigenvalue weighted by Gasteiger charge is 2.40. The number of nitrogens with zero attached hydrogens (tertiary/aromatic N) is 2. The molecule has 1 aromatic heterocycles. The largest absolute Gasteiger partial charge is 0.374 e. The van der Waals surface area contributed by atoms with Crippen LogP contribution in [-0.4, -0.2) is 37.3 Å². The van der Waals surface area contributed by atoms with Crippen molar-refractivity contribution in [1.82, 2.24) is 4.31 Å². The average Bonchev–Trinajstić information content (AvgIpc) is 3.12. The summed E-state index contributed by atoms with van der Waals surface area (Å²) >= 11 is 0.913. The molecule has 0 amide bonds. The van der Waals surface area contributed by atoms with E-state index in [1.165, 1.54) is 4.31 Å². The van der Waals surface area contributed by atoms with Gasteiger partial charge in [-0.15, -0.1) is 0 Å². The summed E-state index contributed by atoms with van der Waals surface area (Å²) in [5, 5.41) is 13.9. The third-order valence-electron chi connectivity index (χ3n) is 3.18. The lowest BCUT2D eigenvalue weighted by Gasteiger charge is -2.22. The summed E-state index contributed by atoms with van der Waals surface area (Å²) in [6.07, 6.45) is 1.72. The van der Waals surface area contributed by atoms with Crippen molar-refractivity contribution in [3.63, 3.8) is 0 Å². The van der Waals surface area contributed by atoms with Crippen LogP contribution < -0.4 is 5.32 Å². The molecule has 9 heteroatoms. The van der Waals surface area contributed by atoms with Crippen LogP contribution in [0.25, 0.3) is 0 Å². The van der Waals surface area contributed by atoms with E-state index in [2.05, 4.69) is 5.32 Å². The lowest BCUT2D eigenvalue weighted by molar-refractivity contribution is -0.383. The number of thiophene rings is 1. The zero-order valence-electron chi connectivity index (χ0n) is 12.2. The number of rotatable bonds is 7. The molecule has 1 saturated carbocycles. The maximum Gasteiger partial charge on any atom is 0.304 e. The first-order valence-corrected chi connectivity index (χ1v) is 9.00. The van der Waals surface area contributed by atoms with Crippen molar-refractivity contribution in [1.29, 1.82) is 0 Å². The number of sulfonamides is 1. The van der Waals surface area contributed by atoms with Crippen LogP contribution in [0.3, 0.4) is 0 Å². The Labute approximate surface area is 128 Å². The van der Waals surface area contributed by atoms with Crippen molar-refractivity contribution >= 4 is 32.0 Å². The topological polar surface area (TPSA) is 92.6 Å². The summed E-state index contributed by atoms with van der Waals surface area (Å²) in [4.78, 5) is 10.4. The quantitative estimate of drug-likeness (QED) is 0.611. The average molecular weight is 333 g/mol. The molecule has 0 unspecified atom stereocenters. The van der Waals surface area contributed by atoms with Gasteiger partial charge in [0.2, 0.25) is 0 Å². The van der Waals surface area contributed by atoms with Gasteiger partial charge in [0.15, 0.2) is 5.00 Å². The van der Waals surface area contributed by atoms with E-state index in [-0.39, 0.29) is 26.9 Å². The molecule has 0 aliphatic heterocycles. The van der Waals surface area contributed by atoms with Gasteiger partial charge in [0.1, 0.15) is 4.21 Å². The van der Waals surface area contributed by atoms with Crippen LogP contribution in [-0.2, 0) is 10.0 Å². The molecule has 1 aliphatic carbocycles. The lowest BCUT2D eigenvalue weighted by atomic mass is 10.2. The van der Waals surface area contributed by atoms with Crippen LogP contribution in [0.4, 0.5) is 10.7 Å². The van der Waals surface area contributed by atoms with Crippen LogP contribution in [0, 0.1) is 16.0 Å². The Hall–Kier alpha value is -1.19. The predicted molar refractivity (Wildman–Crippen MR) is 82.3 cm³/mol. The fourth-order valence-corrected chi connectivity index (χ4v) is 5.34. The summed E-state index contributed by atoms with van der Waals surface area (Å²) in [6, 6.07) is 1.19. The second kappa shape index (κ2) is 5.90. The minimum atomic E-state index is -3.67. The number of nitrogens with one attached hydrogen (secondary N) is 1. The highest BCUT2D eigenvalue weighted by atomic mass is 32.2. The molecule has 0 spiro atoms. The number of hydrogen-bond acceptors (Lipinski definition) is 6. The van der Waals surface area contributed by atoms with E-state index in [4.69, 9.17) is 0 Å².